The second kappa shape index (κ2) is 10.5. The lowest BCUT2D eigenvalue weighted by molar-refractivity contribution is -0.143. The van der Waals surface area contributed by atoms with Crippen molar-refractivity contribution in [1.29, 1.82) is 0 Å². The lowest BCUT2D eigenvalue weighted by atomic mass is 10.1. The number of hydrogen-bond acceptors (Lipinski definition) is 3. The number of rotatable bonds is 10. The quantitative estimate of drug-likeness (QED) is 0.249. The fraction of sp³-hybridized carbons (Fsp3) is 0.769. The van der Waals surface area contributed by atoms with Crippen molar-refractivity contribution in [2.24, 2.45) is 0 Å². The van der Waals surface area contributed by atoms with E-state index in [9.17, 15) is 4.79 Å². The van der Waals surface area contributed by atoms with E-state index in [1.165, 1.54) is 25.7 Å². The number of carbonyl (C=O) groups is 1. The van der Waals surface area contributed by atoms with Gasteiger partial charge in [0.05, 0.1) is 13.2 Å². The molecule has 0 radical (unpaired) electrons. The van der Waals surface area contributed by atoms with Crippen molar-refractivity contribution in [1.82, 2.24) is 0 Å². The Bertz CT molecular complexity index is 199. The molecule has 0 spiro atoms. The number of ether oxygens (including phenoxy) is 2. The van der Waals surface area contributed by atoms with Gasteiger partial charge >= 0.3 is 5.97 Å². The highest BCUT2D eigenvalue weighted by Crippen LogP contribution is 2.05. The molecule has 0 bridgehead atoms. The summed E-state index contributed by atoms with van der Waals surface area (Å²) in [6.45, 7) is 8.41. The molecule has 0 saturated heterocycles. The van der Waals surface area contributed by atoms with E-state index in [-0.39, 0.29) is 5.76 Å². The van der Waals surface area contributed by atoms with Crippen molar-refractivity contribution in [2.75, 3.05) is 13.2 Å². The zero-order chi connectivity index (χ0) is 12.2. The van der Waals surface area contributed by atoms with E-state index in [2.05, 4.69) is 13.5 Å². The Morgan fingerprint density at radius 2 is 1.62 bits per heavy atom. The first-order valence-electron chi connectivity index (χ1n) is 6.21. The van der Waals surface area contributed by atoms with Crippen molar-refractivity contribution in [3.63, 3.8) is 0 Å². The molecule has 0 aromatic heterocycles. The van der Waals surface area contributed by atoms with Gasteiger partial charge in [-0.15, -0.1) is 0 Å². The minimum Gasteiger partial charge on any atom is -0.487 e. The lowest BCUT2D eigenvalue weighted by Crippen LogP contribution is -2.10. The van der Waals surface area contributed by atoms with Crippen LogP contribution in [0.25, 0.3) is 0 Å². The van der Waals surface area contributed by atoms with Gasteiger partial charge in [-0.3, -0.25) is 0 Å². The lowest BCUT2D eigenvalue weighted by Gasteiger charge is -2.07. The van der Waals surface area contributed by atoms with E-state index >= 15 is 0 Å². The summed E-state index contributed by atoms with van der Waals surface area (Å²) in [5.74, 6) is -0.330. The van der Waals surface area contributed by atoms with E-state index in [1.807, 2.05) is 6.92 Å². The Morgan fingerprint density at radius 3 is 2.25 bits per heavy atom. The Labute approximate surface area is 98.8 Å². The average Bonchev–Trinajstić information content (AvgIpc) is 2.28. The minimum atomic E-state index is -0.435. The summed E-state index contributed by atoms with van der Waals surface area (Å²) < 4.78 is 9.94. The van der Waals surface area contributed by atoms with E-state index in [0.717, 1.165) is 12.8 Å². The predicted octanol–water partition coefficient (Wildman–Crippen LogP) is 3.44. The molecule has 0 aromatic rings. The van der Waals surface area contributed by atoms with Gasteiger partial charge in [-0.05, 0) is 19.9 Å². The summed E-state index contributed by atoms with van der Waals surface area (Å²) in [4.78, 5) is 11.2. The van der Waals surface area contributed by atoms with Crippen LogP contribution in [0.1, 0.15) is 52.4 Å². The maximum absolute atomic E-state index is 11.2. The van der Waals surface area contributed by atoms with E-state index in [0.29, 0.717) is 13.2 Å². The fourth-order valence-electron chi connectivity index (χ4n) is 1.36. The highest BCUT2D eigenvalue weighted by atomic mass is 16.6. The van der Waals surface area contributed by atoms with Gasteiger partial charge in [-0.2, -0.15) is 0 Å². The summed E-state index contributed by atoms with van der Waals surface area (Å²) in [6, 6.07) is 0. The largest absolute Gasteiger partial charge is 0.487 e. The van der Waals surface area contributed by atoms with Crippen LogP contribution in [-0.4, -0.2) is 19.2 Å². The smallest absolute Gasteiger partial charge is 0.372 e. The molecular weight excluding hydrogens is 204 g/mol. The summed E-state index contributed by atoms with van der Waals surface area (Å²) >= 11 is 0. The molecule has 0 fully saturated rings. The van der Waals surface area contributed by atoms with Crippen LogP contribution in [0.5, 0.6) is 0 Å². The topological polar surface area (TPSA) is 35.5 Å². The normalized spacial score (nSPS) is 9.88. The molecule has 0 saturated carbocycles. The highest BCUT2D eigenvalue weighted by molar-refractivity contribution is 5.85. The van der Waals surface area contributed by atoms with Gasteiger partial charge in [-0.1, -0.05) is 39.0 Å². The van der Waals surface area contributed by atoms with E-state index < -0.39 is 5.97 Å². The Kier molecular flexibility index (Phi) is 9.87. The molecular formula is C13H24O3. The Balaban J connectivity index is 3.31. The van der Waals surface area contributed by atoms with Crippen LogP contribution in [0, 0.1) is 0 Å². The second-order valence-electron chi connectivity index (χ2n) is 3.76. The molecule has 3 nitrogen and oxygen atoms in total. The van der Waals surface area contributed by atoms with Crippen molar-refractivity contribution >= 4 is 5.97 Å². The molecule has 0 aliphatic carbocycles. The number of unbranched alkanes of at least 4 members (excludes halogenated alkanes) is 5. The molecule has 94 valence electrons. The van der Waals surface area contributed by atoms with Crippen LogP contribution < -0.4 is 0 Å². The van der Waals surface area contributed by atoms with Gasteiger partial charge < -0.3 is 9.47 Å². The predicted molar refractivity (Wildman–Crippen MR) is 65.1 cm³/mol. The molecule has 0 aliphatic rings. The molecule has 0 heterocycles. The zero-order valence-corrected chi connectivity index (χ0v) is 10.6. The summed E-state index contributed by atoms with van der Waals surface area (Å²) in [6.07, 6.45) is 7.08. The van der Waals surface area contributed by atoms with Crippen LogP contribution in [0.2, 0.25) is 0 Å². The Hall–Kier alpha value is -0.990. The molecule has 3 heteroatoms. The first-order valence-corrected chi connectivity index (χ1v) is 6.21. The molecule has 0 amide bonds. The van der Waals surface area contributed by atoms with Crippen LogP contribution in [0.4, 0.5) is 0 Å². The summed E-state index contributed by atoms with van der Waals surface area (Å²) in [7, 11) is 0. The maximum atomic E-state index is 11.2. The molecule has 0 N–H and O–H groups in total. The van der Waals surface area contributed by atoms with Crippen molar-refractivity contribution < 1.29 is 14.3 Å². The van der Waals surface area contributed by atoms with Gasteiger partial charge in [0.1, 0.15) is 0 Å². The SMILES string of the molecule is C=C(OCC)C(=O)OCCCCCCCC. The van der Waals surface area contributed by atoms with Gasteiger partial charge in [0.15, 0.2) is 5.76 Å². The molecule has 0 aromatic carbocycles. The number of esters is 1. The van der Waals surface area contributed by atoms with Crippen molar-refractivity contribution in [2.45, 2.75) is 52.4 Å². The van der Waals surface area contributed by atoms with E-state index in [4.69, 9.17) is 9.47 Å². The molecule has 0 atom stereocenters. The fourth-order valence-corrected chi connectivity index (χ4v) is 1.36. The van der Waals surface area contributed by atoms with E-state index in [1.54, 1.807) is 0 Å². The second-order valence-corrected chi connectivity index (χ2v) is 3.76. The molecule has 0 aliphatic heterocycles. The van der Waals surface area contributed by atoms with Crippen LogP contribution in [0.15, 0.2) is 12.3 Å². The van der Waals surface area contributed by atoms with Crippen LogP contribution >= 0.6 is 0 Å². The number of hydrogen-bond donors (Lipinski definition) is 0. The first kappa shape index (κ1) is 15.0. The third-order valence-electron chi connectivity index (χ3n) is 2.28. The first-order chi connectivity index (χ1) is 7.72. The maximum Gasteiger partial charge on any atom is 0.372 e. The monoisotopic (exact) mass is 228 g/mol. The summed E-state index contributed by atoms with van der Waals surface area (Å²) in [5.41, 5.74) is 0. The summed E-state index contributed by atoms with van der Waals surface area (Å²) in [5, 5.41) is 0. The molecule has 16 heavy (non-hydrogen) atoms. The third kappa shape index (κ3) is 8.33. The standard InChI is InChI=1S/C13H24O3/c1-4-6-7-8-9-10-11-16-13(14)12(3)15-5-2/h3-11H2,1-2H3. The van der Waals surface area contributed by atoms with Gasteiger partial charge in [0, 0.05) is 0 Å². The van der Waals surface area contributed by atoms with Gasteiger partial charge in [0.2, 0.25) is 0 Å². The minimum absolute atomic E-state index is 0.105. The molecule has 0 rings (SSSR count). The highest BCUT2D eigenvalue weighted by Gasteiger charge is 2.08. The van der Waals surface area contributed by atoms with Crippen molar-refractivity contribution in [3.05, 3.63) is 12.3 Å². The molecule has 0 unspecified atom stereocenters. The third-order valence-corrected chi connectivity index (χ3v) is 2.28. The zero-order valence-electron chi connectivity index (χ0n) is 10.6. The van der Waals surface area contributed by atoms with Crippen LogP contribution in [-0.2, 0) is 14.3 Å². The van der Waals surface area contributed by atoms with Crippen molar-refractivity contribution in [3.8, 4) is 0 Å². The van der Waals surface area contributed by atoms with Gasteiger partial charge in [-0.25, -0.2) is 4.79 Å². The van der Waals surface area contributed by atoms with Gasteiger partial charge in [0.25, 0.3) is 0 Å². The van der Waals surface area contributed by atoms with Crippen LogP contribution in [0.3, 0.4) is 0 Å². The number of carbonyl (C=O) groups excluding carboxylic acids is 1. The average molecular weight is 228 g/mol. The Morgan fingerprint density at radius 1 is 1.00 bits per heavy atom.